The van der Waals surface area contributed by atoms with Crippen molar-refractivity contribution < 1.29 is 14.0 Å². The van der Waals surface area contributed by atoms with E-state index < -0.39 is 0 Å². The van der Waals surface area contributed by atoms with Gasteiger partial charge in [0.15, 0.2) is 0 Å². The van der Waals surface area contributed by atoms with Crippen molar-refractivity contribution >= 4 is 12.6 Å². The van der Waals surface area contributed by atoms with Crippen molar-refractivity contribution in [1.82, 2.24) is 4.90 Å². The van der Waals surface area contributed by atoms with Gasteiger partial charge in [0.05, 0.1) is 17.8 Å². The normalized spacial score (nSPS) is 22.9. The molecule has 0 amide bonds. The second-order valence-electron chi connectivity index (χ2n) is 7.55. The van der Waals surface area contributed by atoms with E-state index >= 15 is 0 Å². The predicted octanol–water partition coefficient (Wildman–Crippen LogP) is 2.46. The zero-order valence-corrected chi connectivity index (χ0v) is 14.8. The van der Waals surface area contributed by atoms with Gasteiger partial charge in [0.2, 0.25) is 0 Å². The molecular formula is C18H28BNO3. The Morgan fingerprint density at radius 1 is 1.04 bits per heavy atom. The highest BCUT2D eigenvalue weighted by Crippen LogP contribution is 2.36. The Morgan fingerprint density at radius 2 is 1.65 bits per heavy atom. The van der Waals surface area contributed by atoms with Gasteiger partial charge in [0, 0.05) is 6.54 Å². The van der Waals surface area contributed by atoms with E-state index in [0.29, 0.717) is 0 Å². The smallest absolute Gasteiger partial charge is 0.494 e. The summed E-state index contributed by atoms with van der Waals surface area (Å²) in [5.41, 5.74) is 0.435. The fourth-order valence-corrected chi connectivity index (χ4v) is 2.78. The van der Waals surface area contributed by atoms with E-state index in [-0.39, 0.29) is 18.3 Å². The first-order chi connectivity index (χ1) is 10.9. The third-order valence-electron chi connectivity index (χ3n) is 5.24. The van der Waals surface area contributed by atoms with Crippen LogP contribution in [0.15, 0.2) is 24.3 Å². The molecule has 0 aromatic heterocycles. The Hall–Kier alpha value is -1.04. The molecule has 0 radical (unpaired) electrons. The minimum Gasteiger partial charge on any atom is -0.494 e. The summed E-state index contributed by atoms with van der Waals surface area (Å²) in [7, 11) is -0.305. The number of rotatable bonds is 6. The van der Waals surface area contributed by atoms with Gasteiger partial charge < -0.3 is 18.9 Å². The molecule has 1 aromatic rings. The van der Waals surface area contributed by atoms with Crippen molar-refractivity contribution in [3.8, 4) is 5.75 Å². The van der Waals surface area contributed by atoms with E-state index in [1.165, 1.54) is 19.5 Å². The van der Waals surface area contributed by atoms with E-state index in [1.807, 2.05) is 24.3 Å². The van der Waals surface area contributed by atoms with Gasteiger partial charge in [-0.2, -0.15) is 0 Å². The fourth-order valence-electron chi connectivity index (χ4n) is 2.78. The molecule has 126 valence electrons. The van der Waals surface area contributed by atoms with E-state index in [4.69, 9.17) is 14.0 Å². The van der Waals surface area contributed by atoms with Crippen LogP contribution >= 0.6 is 0 Å². The van der Waals surface area contributed by atoms with Crippen LogP contribution in [-0.4, -0.2) is 49.5 Å². The first kappa shape index (κ1) is 16.8. The number of nitrogens with zero attached hydrogens (tertiary/aromatic N) is 1. The highest BCUT2D eigenvalue weighted by Gasteiger charge is 2.51. The van der Waals surface area contributed by atoms with Gasteiger partial charge in [0.1, 0.15) is 5.75 Å². The topological polar surface area (TPSA) is 30.9 Å². The molecule has 2 heterocycles. The van der Waals surface area contributed by atoms with Crippen LogP contribution in [0.3, 0.4) is 0 Å². The van der Waals surface area contributed by atoms with E-state index in [0.717, 1.165) is 30.8 Å². The largest absolute Gasteiger partial charge is 0.494 e. The van der Waals surface area contributed by atoms with Crippen LogP contribution < -0.4 is 10.2 Å². The van der Waals surface area contributed by atoms with Crippen LogP contribution in [-0.2, 0) is 9.31 Å². The zero-order valence-electron chi connectivity index (χ0n) is 14.8. The molecule has 0 saturated carbocycles. The number of hydrogen-bond donors (Lipinski definition) is 0. The fraction of sp³-hybridized carbons (Fsp3) is 0.667. The van der Waals surface area contributed by atoms with Crippen LogP contribution in [0.2, 0.25) is 0 Å². The lowest BCUT2D eigenvalue weighted by atomic mass is 9.79. The van der Waals surface area contributed by atoms with Gasteiger partial charge in [-0.3, -0.25) is 0 Å². The standard InChI is InChI=1S/C18H28BNO3/c1-17(2)18(3,4)23-19(22-17)15-7-9-16(10-8-15)21-14-6-13-20-11-5-12-20/h7-10H,5-6,11-14H2,1-4H3. The van der Waals surface area contributed by atoms with Gasteiger partial charge in [-0.05, 0) is 71.2 Å². The third-order valence-corrected chi connectivity index (χ3v) is 5.24. The minimum absolute atomic E-state index is 0.302. The van der Waals surface area contributed by atoms with Gasteiger partial charge in [-0.25, -0.2) is 0 Å². The van der Waals surface area contributed by atoms with Gasteiger partial charge in [-0.1, -0.05) is 12.1 Å². The van der Waals surface area contributed by atoms with Crippen LogP contribution in [0, 0.1) is 0 Å². The highest BCUT2D eigenvalue weighted by molar-refractivity contribution is 6.62. The predicted molar refractivity (Wildman–Crippen MR) is 93.3 cm³/mol. The molecule has 2 fully saturated rings. The number of benzene rings is 1. The average molecular weight is 317 g/mol. The maximum absolute atomic E-state index is 6.07. The third kappa shape index (κ3) is 3.73. The molecule has 2 aliphatic rings. The summed E-state index contributed by atoms with van der Waals surface area (Å²) in [4.78, 5) is 2.46. The number of hydrogen-bond acceptors (Lipinski definition) is 4. The SMILES string of the molecule is CC1(C)OB(c2ccc(OCCCN3CCC3)cc2)OC1(C)C. The summed E-state index contributed by atoms with van der Waals surface area (Å²) < 4.78 is 17.9. The summed E-state index contributed by atoms with van der Waals surface area (Å²) in [6.07, 6.45) is 2.43. The van der Waals surface area contributed by atoms with Crippen molar-refractivity contribution in [2.24, 2.45) is 0 Å². The molecule has 0 N–H and O–H groups in total. The summed E-state index contributed by atoms with van der Waals surface area (Å²) in [6.45, 7) is 12.7. The molecule has 5 heteroatoms. The summed E-state index contributed by atoms with van der Waals surface area (Å²) in [6, 6.07) is 8.08. The van der Waals surface area contributed by atoms with Crippen molar-refractivity contribution in [2.45, 2.75) is 51.7 Å². The quantitative estimate of drug-likeness (QED) is 0.596. The van der Waals surface area contributed by atoms with Crippen LogP contribution in [0.4, 0.5) is 0 Å². The average Bonchev–Trinajstić information content (AvgIpc) is 2.66. The molecule has 0 bridgehead atoms. The van der Waals surface area contributed by atoms with Crippen LogP contribution in [0.25, 0.3) is 0 Å². The van der Waals surface area contributed by atoms with Gasteiger partial charge in [0.25, 0.3) is 0 Å². The molecule has 23 heavy (non-hydrogen) atoms. The van der Waals surface area contributed by atoms with Crippen molar-refractivity contribution in [1.29, 1.82) is 0 Å². The highest BCUT2D eigenvalue weighted by atomic mass is 16.7. The first-order valence-corrected chi connectivity index (χ1v) is 8.68. The second-order valence-corrected chi connectivity index (χ2v) is 7.55. The lowest BCUT2D eigenvalue weighted by molar-refractivity contribution is 0.00578. The summed E-state index contributed by atoms with van der Waals surface area (Å²) >= 11 is 0. The molecule has 1 aromatic carbocycles. The van der Waals surface area contributed by atoms with Crippen molar-refractivity contribution in [3.05, 3.63) is 24.3 Å². The number of likely N-dealkylation sites (tertiary alicyclic amines) is 1. The molecular weight excluding hydrogens is 289 g/mol. The van der Waals surface area contributed by atoms with Gasteiger partial charge >= 0.3 is 7.12 Å². The lowest BCUT2D eigenvalue weighted by Gasteiger charge is -2.32. The molecule has 2 aliphatic heterocycles. The Labute approximate surface area is 140 Å². The van der Waals surface area contributed by atoms with Crippen molar-refractivity contribution in [2.75, 3.05) is 26.2 Å². The number of ether oxygens (including phenoxy) is 1. The maximum Gasteiger partial charge on any atom is 0.494 e. The van der Waals surface area contributed by atoms with E-state index in [2.05, 4.69) is 32.6 Å². The van der Waals surface area contributed by atoms with Crippen LogP contribution in [0.5, 0.6) is 5.75 Å². The van der Waals surface area contributed by atoms with E-state index in [1.54, 1.807) is 0 Å². The van der Waals surface area contributed by atoms with Gasteiger partial charge in [-0.15, -0.1) is 0 Å². The molecule has 2 saturated heterocycles. The maximum atomic E-state index is 6.07. The van der Waals surface area contributed by atoms with Crippen molar-refractivity contribution in [3.63, 3.8) is 0 Å². The minimum atomic E-state index is -0.305. The zero-order chi connectivity index (χ0) is 16.5. The van der Waals surface area contributed by atoms with E-state index in [9.17, 15) is 0 Å². The Balaban J connectivity index is 1.49. The summed E-state index contributed by atoms with van der Waals surface area (Å²) in [5, 5.41) is 0. The molecule has 0 atom stereocenters. The lowest BCUT2D eigenvalue weighted by Crippen LogP contribution is -2.41. The summed E-state index contributed by atoms with van der Waals surface area (Å²) in [5.74, 6) is 0.911. The Kier molecular flexibility index (Phi) is 4.72. The first-order valence-electron chi connectivity index (χ1n) is 8.68. The molecule has 4 nitrogen and oxygen atoms in total. The molecule has 0 unspecified atom stereocenters. The monoisotopic (exact) mass is 317 g/mol. The second kappa shape index (κ2) is 6.46. The Bertz CT molecular complexity index is 510. The van der Waals surface area contributed by atoms with Crippen LogP contribution in [0.1, 0.15) is 40.5 Å². The molecule has 0 aliphatic carbocycles. The Morgan fingerprint density at radius 3 is 2.17 bits per heavy atom. The molecule has 0 spiro atoms. The molecule has 3 rings (SSSR count).